The number of amides is 2. The Bertz CT molecular complexity index is 1230. The van der Waals surface area contributed by atoms with Crippen LogP contribution in [0.2, 0.25) is 0 Å². The van der Waals surface area contributed by atoms with Gasteiger partial charge in [-0.3, -0.25) is 9.69 Å². The number of benzene rings is 1. The molecule has 1 aromatic heterocycles. The highest BCUT2D eigenvalue weighted by molar-refractivity contribution is 7.12. The van der Waals surface area contributed by atoms with Crippen molar-refractivity contribution >= 4 is 35.1 Å². The molecule has 2 amide bonds. The average molecular weight is 553 g/mol. The first-order chi connectivity index (χ1) is 18.9. The van der Waals surface area contributed by atoms with Crippen molar-refractivity contribution in [2.75, 3.05) is 26.2 Å². The number of thiophene rings is 1. The van der Waals surface area contributed by atoms with Crippen LogP contribution in [0, 0.1) is 12.3 Å². The van der Waals surface area contributed by atoms with Gasteiger partial charge in [0.05, 0.1) is 11.4 Å². The lowest BCUT2D eigenvalue weighted by Gasteiger charge is -2.25. The number of amidine groups is 1. The molecular weight excluding hydrogens is 520 g/mol. The Morgan fingerprint density at radius 2 is 2.00 bits per heavy atom. The zero-order valence-corrected chi connectivity index (χ0v) is 22.4. The third-order valence-corrected chi connectivity index (χ3v) is 6.65. The van der Waals surface area contributed by atoms with Gasteiger partial charge in [0.15, 0.2) is 11.9 Å². The zero-order chi connectivity index (χ0) is 28.2. The molecule has 206 valence electrons. The standard InChI is InChI=1S/C27H32N6O5S/c1-3-13-33(25(34)23-8-7-16-39-23)22(18-28)24(31-29-4-2)30-21(26(35)36)17-19-9-11-20(12-10-19)38-27(37)32-14-5-6-15-32/h1,7-12,16,18,21,29H,4-6,13-15,17,28H2,2H3,(H,30,31)(H,35,36)/t21-/m0/s1. The highest BCUT2D eigenvalue weighted by Gasteiger charge is 2.26. The molecule has 0 saturated carbocycles. The van der Waals surface area contributed by atoms with Crippen LogP contribution in [-0.4, -0.2) is 70.9 Å². The van der Waals surface area contributed by atoms with Gasteiger partial charge in [-0.15, -0.1) is 17.8 Å². The minimum atomic E-state index is -1.23. The van der Waals surface area contributed by atoms with Gasteiger partial charge in [0.1, 0.15) is 11.4 Å². The number of likely N-dealkylation sites (tertiary alicyclic amines) is 1. The minimum Gasteiger partial charge on any atom is -0.480 e. The zero-order valence-electron chi connectivity index (χ0n) is 21.6. The third-order valence-electron chi connectivity index (χ3n) is 5.79. The van der Waals surface area contributed by atoms with Gasteiger partial charge in [-0.2, -0.15) is 0 Å². The fraction of sp³-hybridized carbons (Fsp3) is 0.333. The predicted molar refractivity (Wildman–Crippen MR) is 149 cm³/mol. The molecule has 39 heavy (non-hydrogen) atoms. The van der Waals surface area contributed by atoms with E-state index < -0.39 is 24.0 Å². The number of carbonyl (C=O) groups excluding carboxylic acids is 2. The van der Waals surface area contributed by atoms with Gasteiger partial charge in [-0.05, 0) is 42.0 Å². The van der Waals surface area contributed by atoms with Crippen LogP contribution in [0.25, 0.3) is 0 Å². The smallest absolute Gasteiger partial charge is 0.415 e. The molecular formula is C27H32N6O5S. The molecule has 1 fully saturated rings. The quantitative estimate of drug-likeness (QED) is 0.144. The molecule has 1 saturated heterocycles. The number of hydrazine groups is 1. The van der Waals surface area contributed by atoms with E-state index in [1.54, 1.807) is 46.7 Å². The summed E-state index contributed by atoms with van der Waals surface area (Å²) in [5, 5.41) is 11.7. The summed E-state index contributed by atoms with van der Waals surface area (Å²) < 4.78 is 5.41. The molecule has 0 radical (unpaired) electrons. The van der Waals surface area contributed by atoms with Crippen molar-refractivity contribution in [3.05, 3.63) is 64.1 Å². The number of nitrogens with zero attached hydrogens (tertiary/aromatic N) is 3. The maximum atomic E-state index is 13.2. The normalized spacial score (nSPS) is 14.4. The van der Waals surface area contributed by atoms with Gasteiger partial charge in [0, 0.05) is 32.3 Å². The van der Waals surface area contributed by atoms with E-state index in [0.29, 0.717) is 35.8 Å². The summed E-state index contributed by atoms with van der Waals surface area (Å²) in [4.78, 5) is 45.4. The third kappa shape index (κ3) is 8.07. The second kappa shape index (κ2) is 14.6. The van der Waals surface area contributed by atoms with Crippen molar-refractivity contribution in [2.45, 2.75) is 32.2 Å². The number of nitrogens with two attached hydrogens (primary N) is 1. The van der Waals surface area contributed by atoms with Crippen LogP contribution in [0.4, 0.5) is 4.79 Å². The van der Waals surface area contributed by atoms with E-state index in [9.17, 15) is 19.5 Å². The summed E-state index contributed by atoms with van der Waals surface area (Å²) in [6.07, 6.45) is 8.23. The molecule has 2 heterocycles. The largest absolute Gasteiger partial charge is 0.480 e. The van der Waals surface area contributed by atoms with Crippen molar-refractivity contribution < 1.29 is 24.2 Å². The number of carboxylic acid groups (broad SMARTS) is 1. The van der Waals surface area contributed by atoms with E-state index in [1.807, 2.05) is 6.92 Å². The lowest BCUT2D eigenvalue weighted by molar-refractivity contribution is -0.138. The Balaban J connectivity index is 1.83. The monoisotopic (exact) mass is 552 g/mol. The number of hydrogen-bond acceptors (Lipinski definition) is 8. The first-order valence-electron chi connectivity index (χ1n) is 12.4. The van der Waals surface area contributed by atoms with E-state index >= 15 is 0 Å². The number of aliphatic carboxylic acids is 1. The predicted octanol–water partition coefficient (Wildman–Crippen LogP) is 2.43. The number of terminal acetylenes is 1. The summed E-state index contributed by atoms with van der Waals surface area (Å²) in [7, 11) is 0. The first-order valence-corrected chi connectivity index (χ1v) is 13.3. The van der Waals surface area contributed by atoms with Gasteiger partial charge in [0.2, 0.25) is 0 Å². The number of nitrogens with one attached hydrogen (secondary N) is 2. The topological polar surface area (TPSA) is 150 Å². The van der Waals surface area contributed by atoms with Gasteiger partial charge in [-0.25, -0.2) is 20.0 Å². The molecule has 2 aromatic rings. The van der Waals surface area contributed by atoms with Crippen molar-refractivity contribution in [3.63, 3.8) is 0 Å². The highest BCUT2D eigenvalue weighted by Crippen LogP contribution is 2.19. The Labute approximate surface area is 231 Å². The van der Waals surface area contributed by atoms with E-state index in [1.165, 1.54) is 16.2 Å². The summed E-state index contributed by atoms with van der Waals surface area (Å²) in [6, 6.07) is 8.75. The number of rotatable bonds is 11. The second-order valence-corrected chi connectivity index (χ2v) is 9.47. The molecule has 5 N–H and O–H groups in total. The Morgan fingerprint density at radius 1 is 1.28 bits per heavy atom. The van der Waals surface area contributed by atoms with Crippen LogP contribution in [-0.2, 0) is 11.2 Å². The summed E-state index contributed by atoms with van der Waals surface area (Å²) in [6.45, 7) is 3.55. The number of hydrogen-bond donors (Lipinski definition) is 4. The molecule has 11 nitrogen and oxygen atoms in total. The van der Waals surface area contributed by atoms with Gasteiger partial charge in [0.25, 0.3) is 5.91 Å². The lowest BCUT2D eigenvalue weighted by atomic mass is 10.1. The molecule has 0 bridgehead atoms. The SMILES string of the molecule is C#CCN(C(=O)c1cccs1)C(=CN)C(=N[C@@H](Cc1ccc(OC(=O)N2CCCC2)cc1)C(=O)O)NNCC. The molecule has 12 heteroatoms. The Morgan fingerprint density at radius 3 is 2.56 bits per heavy atom. The van der Waals surface area contributed by atoms with E-state index in [-0.39, 0.29) is 24.5 Å². The minimum absolute atomic E-state index is 0.0266. The van der Waals surface area contributed by atoms with Crippen molar-refractivity contribution in [3.8, 4) is 18.1 Å². The average Bonchev–Trinajstić information content (AvgIpc) is 3.66. The molecule has 1 aliphatic rings. The summed E-state index contributed by atoms with van der Waals surface area (Å²) >= 11 is 1.24. The fourth-order valence-electron chi connectivity index (χ4n) is 3.85. The molecule has 1 aromatic carbocycles. The van der Waals surface area contributed by atoms with Gasteiger partial charge in [-0.1, -0.05) is 31.0 Å². The van der Waals surface area contributed by atoms with Crippen LogP contribution >= 0.6 is 11.3 Å². The van der Waals surface area contributed by atoms with Crippen LogP contribution in [0.5, 0.6) is 5.75 Å². The number of aliphatic imine (C=N–C) groups is 1. The number of carbonyl (C=O) groups is 3. The van der Waals surface area contributed by atoms with E-state index in [4.69, 9.17) is 16.9 Å². The van der Waals surface area contributed by atoms with Crippen LogP contribution in [0.15, 0.2) is 58.7 Å². The van der Waals surface area contributed by atoms with Crippen molar-refractivity contribution in [2.24, 2.45) is 10.7 Å². The molecule has 0 spiro atoms. The molecule has 0 unspecified atom stereocenters. The molecule has 3 rings (SSSR count). The number of carboxylic acids is 1. The fourth-order valence-corrected chi connectivity index (χ4v) is 4.52. The Hall–Kier alpha value is -4.34. The lowest BCUT2D eigenvalue weighted by Crippen LogP contribution is -2.45. The second-order valence-electron chi connectivity index (χ2n) is 8.52. The maximum absolute atomic E-state index is 13.2. The molecule has 1 atom stereocenters. The highest BCUT2D eigenvalue weighted by atomic mass is 32.1. The van der Waals surface area contributed by atoms with Crippen molar-refractivity contribution in [1.82, 2.24) is 20.7 Å². The maximum Gasteiger partial charge on any atom is 0.415 e. The van der Waals surface area contributed by atoms with Crippen LogP contribution in [0.1, 0.15) is 35.0 Å². The molecule has 0 aliphatic carbocycles. The van der Waals surface area contributed by atoms with E-state index in [2.05, 4.69) is 21.8 Å². The van der Waals surface area contributed by atoms with E-state index in [0.717, 1.165) is 19.0 Å². The molecule has 1 aliphatic heterocycles. The summed E-state index contributed by atoms with van der Waals surface area (Å²) in [5.74, 6) is 1.28. The van der Waals surface area contributed by atoms with Gasteiger partial charge >= 0.3 is 12.1 Å². The van der Waals surface area contributed by atoms with Crippen LogP contribution in [0.3, 0.4) is 0 Å². The summed E-state index contributed by atoms with van der Waals surface area (Å²) in [5.41, 5.74) is 12.4. The van der Waals surface area contributed by atoms with Crippen LogP contribution < -0.4 is 21.3 Å². The number of ether oxygens (including phenoxy) is 1. The Kier molecular flexibility index (Phi) is 10.9. The first kappa shape index (κ1) is 29.2. The van der Waals surface area contributed by atoms with Gasteiger partial charge < -0.3 is 25.9 Å². The van der Waals surface area contributed by atoms with Crippen molar-refractivity contribution in [1.29, 1.82) is 0 Å².